The van der Waals surface area contributed by atoms with Crippen LogP contribution in [0.2, 0.25) is 5.02 Å². The first kappa shape index (κ1) is 20.8. The zero-order valence-electron chi connectivity index (χ0n) is 17.9. The van der Waals surface area contributed by atoms with E-state index < -0.39 is 0 Å². The molecule has 1 saturated heterocycles. The maximum atomic E-state index is 12.5. The highest BCUT2D eigenvalue weighted by molar-refractivity contribution is 6.33. The number of carbonyl (C=O) groups excluding carboxylic acids is 1. The molecule has 1 aliphatic carbocycles. The van der Waals surface area contributed by atoms with Crippen molar-refractivity contribution >= 4 is 17.5 Å². The summed E-state index contributed by atoms with van der Waals surface area (Å²) in [5.41, 5.74) is 2.50. The monoisotopic (exact) mass is 452 g/mol. The summed E-state index contributed by atoms with van der Waals surface area (Å²) in [7, 11) is 1.61. The molecule has 7 nitrogen and oxygen atoms in total. The van der Waals surface area contributed by atoms with Gasteiger partial charge < -0.3 is 9.64 Å². The van der Waals surface area contributed by atoms with E-state index in [0.717, 1.165) is 42.5 Å². The summed E-state index contributed by atoms with van der Waals surface area (Å²) in [4.78, 5) is 26.8. The summed E-state index contributed by atoms with van der Waals surface area (Å²) in [5.74, 6) is 2.08. The molecule has 5 rings (SSSR count). The predicted octanol–water partition coefficient (Wildman–Crippen LogP) is 3.83. The Morgan fingerprint density at radius 3 is 2.59 bits per heavy atom. The first-order valence-corrected chi connectivity index (χ1v) is 11.3. The van der Waals surface area contributed by atoms with Gasteiger partial charge in [0.15, 0.2) is 5.82 Å². The average Bonchev–Trinajstić information content (AvgIpc) is 3.46. The minimum absolute atomic E-state index is 0.228. The summed E-state index contributed by atoms with van der Waals surface area (Å²) in [6, 6.07) is 13.4. The van der Waals surface area contributed by atoms with Crippen LogP contribution in [0, 0.1) is 11.8 Å². The predicted molar refractivity (Wildman–Crippen MR) is 123 cm³/mol. The lowest BCUT2D eigenvalue weighted by molar-refractivity contribution is -0.131. The van der Waals surface area contributed by atoms with Crippen molar-refractivity contribution in [1.29, 1.82) is 0 Å². The standard InChI is InChI=1S/C24H25ClN4O3/c1-32-19-8-9-20(21(25)12-19)16-2-4-17(5-3-16)22-26-27-24(31)29(22)14-15-10-11-28(13-15)23(30)18-6-7-18/h2-5,8-9,12,15,18H,6-7,10-11,13-14H2,1H3,(H,27,31)/t15-/m1/s1. The van der Waals surface area contributed by atoms with Crippen molar-refractivity contribution in [3.63, 3.8) is 0 Å². The normalized spacial score (nSPS) is 18.2. The van der Waals surface area contributed by atoms with Gasteiger partial charge in [0.2, 0.25) is 5.91 Å². The molecule has 0 radical (unpaired) electrons. The van der Waals surface area contributed by atoms with Gasteiger partial charge in [0.05, 0.1) is 12.1 Å². The molecular weight excluding hydrogens is 428 g/mol. The van der Waals surface area contributed by atoms with Crippen LogP contribution in [0.5, 0.6) is 5.75 Å². The number of carbonyl (C=O) groups is 1. The fraction of sp³-hybridized carbons (Fsp3) is 0.375. The molecule has 3 aromatic rings. The minimum Gasteiger partial charge on any atom is -0.497 e. The second-order valence-corrected chi connectivity index (χ2v) is 9.01. The molecule has 2 fully saturated rings. The van der Waals surface area contributed by atoms with Gasteiger partial charge in [-0.1, -0.05) is 35.9 Å². The zero-order chi connectivity index (χ0) is 22.2. The number of nitrogens with zero attached hydrogens (tertiary/aromatic N) is 3. The van der Waals surface area contributed by atoms with Crippen molar-refractivity contribution in [3.05, 3.63) is 58.0 Å². The van der Waals surface area contributed by atoms with E-state index in [1.54, 1.807) is 17.7 Å². The second kappa shape index (κ2) is 8.47. The number of nitrogens with one attached hydrogen (secondary N) is 1. The van der Waals surface area contributed by atoms with Crippen molar-refractivity contribution in [2.75, 3.05) is 20.2 Å². The number of amides is 1. The topological polar surface area (TPSA) is 80.2 Å². The molecule has 0 spiro atoms. The van der Waals surface area contributed by atoms with Gasteiger partial charge in [0.25, 0.3) is 0 Å². The fourth-order valence-electron chi connectivity index (χ4n) is 4.39. The number of likely N-dealkylation sites (tertiary alicyclic amines) is 1. The number of methoxy groups -OCH3 is 1. The Kier molecular flexibility index (Phi) is 5.51. The van der Waals surface area contributed by atoms with Crippen molar-refractivity contribution in [2.45, 2.75) is 25.8 Å². The number of aromatic amines is 1. The van der Waals surface area contributed by atoms with E-state index >= 15 is 0 Å². The van der Waals surface area contributed by atoms with Crippen molar-refractivity contribution < 1.29 is 9.53 Å². The van der Waals surface area contributed by atoms with Gasteiger partial charge in [-0.05, 0) is 48.9 Å². The van der Waals surface area contributed by atoms with Gasteiger partial charge in [0.1, 0.15) is 5.75 Å². The second-order valence-electron chi connectivity index (χ2n) is 8.60. The Balaban J connectivity index is 1.34. The van der Waals surface area contributed by atoms with Crippen molar-refractivity contribution in [2.24, 2.45) is 11.8 Å². The van der Waals surface area contributed by atoms with E-state index in [9.17, 15) is 9.59 Å². The summed E-state index contributed by atoms with van der Waals surface area (Å²) >= 11 is 6.41. The largest absolute Gasteiger partial charge is 0.497 e. The van der Waals surface area contributed by atoms with Crippen LogP contribution in [-0.4, -0.2) is 45.8 Å². The van der Waals surface area contributed by atoms with E-state index in [1.807, 2.05) is 41.3 Å². The van der Waals surface area contributed by atoms with E-state index in [4.69, 9.17) is 16.3 Å². The molecule has 166 valence electrons. The molecule has 1 atom stereocenters. The minimum atomic E-state index is -0.228. The molecule has 1 amide bonds. The maximum absolute atomic E-state index is 12.5. The highest BCUT2D eigenvalue weighted by Gasteiger charge is 2.36. The smallest absolute Gasteiger partial charge is 0.343 e. The third-order valence-electron chi connectivity index (χ3n) is 6.35. The van der Waals surface area contributed by atoms with Gasteiger partial charge >= 0.3 is 5.69 Å². The van der Waals surface area contributed by atoms with Crippen LogP contribution in [0.25, 0.3) is 22.5 Å². The van der Waals surface area contributed by atoms with Crippen LogP contribution < -0.4 is 10.4 Å². The molecule has 1 aromatic heterocycles. The summed E-state index contributed by atoms with van der Waals surface area (Å²) < 4.78 is 6.90. The first-order valence-electron chi connectivity index (χ1n) is 10.9. The Morgan fingerprint density at radius 1 is 1.16 bits per heavy atom. The summed E-state index contributed by atoms with van der Waals surface area (Å²) in [5, 5.41) is 7.46. The van der Waals surface area contributed by atoms with Gasteiger partial charge in [-0.2, -0.15) is 5.10 Å². The quantitative estimate of drug-likeness (QED) is 0.616. The van der Waals surface area contributed by atoms with Crippen LogP contribution >= 0.6 is 11.6 Å². The van der Waals surface area contributed by atoms with E-state index in [2.05, 4.69) is 10.2 Å². The third-order valence-corrected chi connectivity index (χ3v) is 6.67. The molecule has 2 aromatic carbocycles. The summed E-state index contributed by atoms with van der Waals surface area (Å²) in [6.45, 7) is 2.03. The first-order chi connectivity index (χ1) is 15.5. The van der Waals surface area contributed by atoms with Gasteiger partial charge in [-0.25, -0.2) is 9.89 Å². The van der Waals surface area contributed by atoms with Gasteiger partial charge in [0, 0.05) is 36.7 Å². The van der Waals surface area contributed by atoms with Gasteiger partial charge in [-0.3, -0.25) is 9.36 Å². The third kappa shape index (κ3) is 4.05. The van der Waals surface area contributed by atoms with E-state index in [-0.39, 0.29) is 23.4 Å². The Bertz CT molecular complexity index is 1200. The SMILES string of the molecule is COc1ccc(-c2ccc(-c3n[nH]c(=O)n3C[C@@H]3CCN(C(=O)C4CC4)C3)cc2)c(Cl)c1. The lowest BCUT2D eigenvalue weighted by Gasteiger charge is -2.16. The molecule has 32 heavy (non-hydrogen) atoms. The Labute approximate surface area is 191 Å². The number of hydrogen-bond acceptors (Lipinski definition) is 4. The average molecular weight is 453 g/mol. The molecule has 2 heterocycles. The van der Waals surface area contributed by atoms with Gasteiger partial charge in [-0.15, -0.1) is 0 Å². The van der Waals surface area contributed by atoms with Crippen LogP contribution in [0.15, 0.2) is 47.3 Å². The number of ether oxygens (including phenoxy) is 1. The number of H-pyrrole nitrogens is 1. The number of rotatable bonds is 6. The number of benzene rings is 2. The van der Waals surface area contributed by atoms with Crippen molar-refractivity contribution in [3.8, 4) is 28.3 Å². The Hall–Kier alpha value is -3.06. The van der Waals surface area contributed by atoms with Crippen molar-refractivity contribution in [1.82, 2.24) is 19.7 Å². The van der Waals surface area contributed by atoms with E-state index in [1.165, 1.54) is 0 Å². The highest BCUT2D eigenvalue weighted by atomic mass is 35.5. The lowest BCUT2D eigenvalue weighted by atomic mass is 10.0. The number of aromatic nitrogens is 3. The molecule has 1 saturated carbocycles. The van der Waals surface area contributed by atoms with Crippen LogP contribution in [0.4, 0.5) is 0 Å². The molecule has 1 aliphatic heterocycles. The Morgan fingerprint density at radius 2 is 1.91 bits per heavy atom. The number of halogens is 1. The highest BCUT2D eigenvalue weighted by Crippen LogP contribution is 2.34. The molecule has 8 heteroatoms. The lowest BCUT2D eigenvalue weighted by Crippen LogP contribution is -2.31. The number of hydrogen-bond donors (Lipinski definition) is 1. The maximum Gasteiger partial charge on any atom is 0.343 e. The zero-order valence-corrected chi connectivity index (χ0v) is 18.6. The molecule has 0 bridgehead atoms. The van der Waals surface area contributed by atoms with E-state index in [0.29, 0.717) is 29.7 Å². The van der Waals surface area contributed by atoms with Crippen LogP contribution in [-0.2, 0) is 11.3 Å². The molecule has 2 aliphatic rings. The van der Waals surface area contributed by atoms with Crippen LogP contribution in [0.1, 0.15) is 19.3 Å². The summed E-state index contributed by atoms with van der Waals surface area (Å²) in [6.07, 6.45) is 2.94. The molecular formula is C24H25ClN4O3. The fourth-order valence-corrected chi connectivity index (χ4v) is 4.67. The molecule has 1 N–H and O–H groups in total. The van der Waals surface area contributed by atoms with Crippen LogP contribution in [0.3, 0.4) is 0 Å². The molecule has 0 unspecified atom stereocenters.